The van der Waals surface area contributed by atoms with E-state index in [0.29, 0.717) is 25.8 Å². The first-order chi connectivity index (χ1) is 11.7. The second kappa shape index (κ2) is 6.52. The molecule has 136 valence electrons. The van der Waals surface area contributed by atoms with Crippen LogP contribution in [0.5, 0.6) is 0 Å². The summed E-state index contributed by atoms with van der Waals surface area (Å²) in [5, 5.41) is 5.56. The van der Waals surface area contributed by atoms with E-state index in [1.54, 1.807) is 0 Å². The summed E-state index contributed by atoms with van der Waals surface area (Å²) in [7, 11) is 0. The molecule has 0 bridgehead atoms. The topological polar surface area (TPSA) is 58.2 Å². The van der Waals surface area contributed by atoms with Crippen LogP contribution in [0, 0.1) is 0 Å². The quantitative estimate of drug-likeness (QED) is 0.853. The molecule has 1 aromatic rings. The Morgan fingerprint density at radius 1 is 1.28 bits per heavy atom. The highest BCUT2D eigenvalue weighted by atomic mass is 35.5. The number of halogens is 4. The number of alkyl halides is 3. The van der Waals surface area contributed by atoms with E-state index in [2.05, 4.69) is 10.6 Å². The highest BCUT2D eigenvalue weighted by Gasteiger charge is 2.53. The zero-order valence-electron chi connectivity index (χ0n) is 13.4. The SMILES string of the molecule is O=C1NCCCCC1NC(=O)C1(c2cc(C(F)(F)F)ccc2Cl)CC1. The molecule has 1 aromatic carbocycles. The second-order valence-corrected chi connectivity index (χ2v) is 6.99. The lowest BCUT2D eigenvalue weighted by molar-refractivity contribution is -0.137. The summed E-state index contributed by atoms with van der Waals surface area (Å²) in [5.41, 5.74) is -1.74. The third kappa shape index (κ3) is 3.61. The molecule has 0 aromatic heterocycles. The minimum atomic E-state index is -4.51. The van der Waals surface area contributed by atoms with Gasteiger partial charge in [0.2, 0.25) is 11.8 Å². The van der Waals surface area contributed by atoms with Crippen LogP contribution in [-0.2, 0) is 21.2 Å². The maximum Gasteiger partial charge on any atom is 0.416 e. The third-order valence-electron chi connectivity index (χ3n) is 4.83. The van der Waals surface area contributed by atoms with Crippen molar-refractivity contribution in [3.8, 4) is 0 Å². The number of amides is 2. The van der Waals surface area contributed by atoms with Gasteiger partial charge >= 0.3 is 6.18 Å². The molecule has 0 spiro atoms. The van der Waals surface area contributed by atoms with Gasteiger partial charge in [0.05, 0.1) is 11.0 Å². The molecule has 3 rings (SSSR count). The zero-order chi connectivity index (χ0) is 18.2. The lowest BCUT2D eigenvalue weighted by Gasteiger charge is -2.22. The summed E-state index contributed by atoms with van der Waals surface area (Å²) in [6.07, 6.45) is -1.54. The summed E-state index contributed by atoms with van der Waals surface area (Å²) in [4.78, 5) is 24.7. The van der Waals surface area contributed by atoms with Gasteiger partial charge in [-0.2, -0.15) is 13.2 Å². The van der Waals surface area contributed by atoms with Crippen LogP contribution in [0.2, 0.25) is 5.02 Å². The van der Waals surface area contributed by atoms with Gasteiger partial charge in [0.25, 0.3) is 0 Å². The average Bonchev–Trinajstić information content (AvgIpc) is 3.34. The molecule has 1 saturated heterocycles. The van der Waals surface area contributed by atoms with Crippen LogP contribution in [0.3, 0.4) is 0 Å². The van der Waals surface area contributed by atoms with Gasteiger partial charge in [-0.25, -0.2) is 0 Å². The first-order valence-electron chi connectivity index (χ1n) is 8.20. The minimum absolute atomic E-state index is 0.131. The fourth-order valence-corrected chi connectivity index (χ4v) is 3.48. The van der Waals surface area contributed by atoms with Crippen LogP contribution in [0.15, 0.2) is 18.2 Å². The molecule has 1 atom stereocenters. The van der Waals surface area contributed by atoms with Crippen LogP contribution in [-0.4, -0.2) is 24.4 Å². The van der Waals surface area contributed by atoms with E-state index in [4.69, 9.17) is 11.6 Å². The van der Waals surface area contributed by atoms with Crippen molar-refractivity contribution in [2.45, 2.75) is 49.7 Å². The lowest BCUT2D eigenvalue weighted by Crippen LogP contribution is -2.48. The van der Waals surface area contributed by atoms with Gasteiger partial charge < -0.3 is 10.6 Å². The molecule has 2 amide bonds. The Balaban J connectivity index is 1.84. The highest BCUT2D eigenvalue weighted by molar-refractivity contribution is 6.32. The molecule has 1 unspecified atom stereocenters. The predicted molar refractivity (Wildman–Crippen MR) is 86.2 cm³/mol. The summed E-state index contributed by atoms with van der Waals surface area (Å²) in [5.74, 6) is -0.687. The first-order valence-corrected chi connectivity index (χ1v) is 8.58. The van der Waals surface area contributed by atoms with E-state index in [1.165, 1.54) is 6.07 Å². The number of carbonyl (C=O) groups is 2. The van der Waals surface area contributed by atoms with Crippen LogP contribution in [0.25, 0.3) is 0 Å². The Morgan fingerprint density at radius 3 is 2.64 bits per heavy atom. The van der Waals surface area contributed by atoms with Crippen molar-refractivity contribution in [3.63, 3.8) is 0 Å². The van der Waals surface area contributed by atoms with Crippen molar-refractivity contribution < 1.29 is 22.8 Å². The lowest BCUT2D eigenvalue weighted by atomic mass is 9.92. The third-order valence-corrected chi connectivity index (χ3v) is 5.16. The normalized spacial score (nSPS) is 22.7. The van der Waals surface area contributed by atoms with Gasteiger partial charge in [-0.1, -0.05) is 11.6 Å². The monoisotopic (exact) mass is 374 g/mol. The van der Waals surface area contributed by atoms with Crippen LogP contribution in [0.1, 0.15) is 43.2 Å². The molecule has 25 heavy (non-hydrogen) atoms. The molecular weight excluding hydrogens is 357 g/mol. The first kappa shape index (κ1) is 18.0. The van der Waals surface area contributed by atoms with Crippen LogP contribution >= 0.6 is 11.6 Å². The van der Waals surface area contributed by atoms with E-state index in [1.807, 2.05) is 0 Å². The Hall–Kier alpha value is -1.76. The smallest absolute Gasteiger partial charge is 0.354 e. The molecule has 1 aliphatic carbocycles. The number of carbonyl (C=O) groups excluding carboxylic acids is 2. The average molecular weight is 375 g/mol. The van der Waals surface area contributed by atoms with E-state index < -0.39 is 29.1 Å². The number of hydrogen-bond donors (Lipinski definition) is 2. The molecule has 2 N–H and O–H groups in total. The van der Waals surface area contributed by atoms with E-state index >= 15 is 0 Å². The summed E-state index contributed by atoms with van der Waals surface area (Å²) in [6.45, 7) is 0.565. The van der Waals surface area contributed by atoms with Crippen molar-refractivity contribution >= 4 is 23.4 Å². The van der Waals surface area contributed by atoms with Crippen molar-refractivity contribution in [1.29, 1.82) is 0 Å². The second-order valence-electron chi connectivity index (χ2n) is 6.59. The standard InChI is InChI=1S/C17H18ClF3N2O2/c18-12-5-4-10(17(19,20)21)9-11(12)16(6-7-16)15(25)23-13-3-1-2-8-22-14(13)24/h4-5,9,13H,1-3,6-8H2,(H,22,24)(H,23,25). The fraction of sp³-hybridized carbons (Fsp3) is 0.529. The van der Waals surface area contributed by atoms with Gasteiger partial charge in [-0.15, -0.1) is 0 Å². The van der Waals surface area contributed by atoms with Crippen molar-refractivity contribution in [1.82, 2.24) is 10.6 Å². The highest BCUT2D eigenvalue weighted by Crippen LogP contribution is 2.51. The van der Waals surface area contributed by atoms with E-state index in [-0.39, 0.29) is 16.5 Å². The molecule has 1 saturated carbocycles. The molecule has 1 heterocycles. The largest absolute Gasteiger partial charge is 0.416 e. The summed E-state index contributed by atoms with van der Waals surface area (Å²) < 4.78 is 38.9. The van der Waals surface area contributed by atoms with Crippen LogP contribution in [0.4, 0.5) is 13.2 Å². The molecule has 1 aliphatic heterocycles. The molecule has 2 fully saturated rings. The number of hydrogen-bond acceptors (Lipinski definition) is 2. The summed E-state index contributed by atoms with van der Waals surface area (Å²) in [6, 6.07) is 2.36. The number of nitrogens with one attached hydrogen (secondary N) is 2. The predicted octanol–water partition coefficient (Wildman–Crippen LogP) is 3.18. The molecular formula is C17H18ClF3N2O2. The minimum Gasteiger partial charge on any atom is -0.354 e. The Kier molecular flexibility index (Phi) is 4.70. The Morgan fingerprint density at radius 2 is 2.00 bits per heavy atom. The summed E-state index contributed by atoms with van der Waals surface area (Å²) >= 11 is 6.09. The molecule has 4 nitrogen and oxygen atoms in total. The van der Waals surface area contributed by atoms with Crippen molar-refractivity contribution in [2.75, 3.05) is 6.54 Å². The number of benzene rings is 1. The van der Waals surface area contributed by atoms with Crippen molar-refractivity contribution in [3.05, 3.63) is 34.3 Å². The van der Waals surface area contributed by atoms with Crippen molar-refractivity contribution in [2.24, 2.45) is 0 Å². The van der Waals surface area contributed by atoms with Gasteiger partial charge in [-0.3, -0.25) is 9.59 Å². The Bertz CT molecular complexity index is 702. The maximum absolute atomic E-state index is 13.0. The maximum atomic E-state index is 13.0. The van der Waals surface area contributed by atoms with Gasteiger partial charge in [0, 0.05) is 11.6 Å². The van der Waals surface area contributed by atoms with Gasteiger partial charge in [0.1, 0.15) is 6.04 Å². The Labute approximate surface area is 148 Å². The molecule has 8 heteroatoms. The zero-order valence-corrected chi connectivity index (χ0v) is 14.1. The van der Waals surface area contributed by atoms with E-state index in [0.717, 1.165) is 25.0 Å². The fourth-order valence-electron chi connectivity index (χ4n) is 3.19. The molecule has 0 radical (unpaired) electrons. The van der Waals surface area contributed by atoms with Gasteiger partial charge in [-0.05, 0) is 55.9 Å². The van der Waals surface area contributed by atoms with E-state index in [9.17, 15) is 22.8 Å². The number of rotatable bonds is 3. The molecule has 2 aliphatic rings. The van der Waals surface area contributed by atoms with Crippen LogP contribution < -0.4 is 10.6 Å². The van der Waals surface area contributed by atoms with Gasteiger partial charge in [0.15, 0.2) is 0 Å².